The van der Waals surface area contributed by atoms with Gasteiger partial charge in [0.25, 0.3) is 0 Å². The summed E-state index contributed by atoms with van der Waals surface area (Å²) in [4.78, 5) is 0. The Bertz CT molecular complexity index is 131. The minimum atomic E-state index is 1.23. The molecule has 0 aromatic carbocycles. The van der Waals surface area contributed by atoms with Crippen molar-refractivity contribution < 1.29 is 39.6 Å². The van der Waals surface area contributed by atoms with Gasteiger partial charge in [0.15, 0.2) is 0 Å². The van der Waals surface area contributed by atoms with Gasteiger partial charge in [-0.3, -0.25) is 0 Å². The summed E-state index contributed by atoms with van der Waals surface area (Å²) < 4.78 is 1.65. The van der Waals surface area contributed by atoms with Crippen molar-refractivity contribution in [1.82, 2.24) is 0 Å². The van der Waals surface area contributed by atoms with E-state index in [4.69, 9.17) is 0 Å². The van der Waals surface area contributed by atoms with E-state index in [0.717, 1.165) is 0 Å². The SMILES string of the molecule is CC1=[C]([Ce])CC=C1. The van der Waals surface area contributed by atoms with Crippen LogP contribution in [0.5, 0.6) is 0 Å². The summed E-state index contributed by atoms with van der Waals surface area (Å²) in [5, 5.41) is 0. The zero-order chi connectivity index (χ0) is 5.28. The number of hydrogen-bond donors (Lipinski definition) is 0. The van der Waals surface area contributed by atoms with E-state index in [9.17, 15) is 0 Å². The second-order valence-corrected chi connectivity index (χ2v) is 3.66. The van der Waals surface area contributed by atoms with Gasteiger partial charge in [0.05, 0.1) is 0 Å². The molecule has 7 heavy (non-hydrogen) atoms. The van der Waals surface area contributed by atoms with Crippen molar-refractivity contribution in [2.45, 2.75) is 13.3 Å². The standard InChI is InChI=1S/C6H7.Ce/c1-6-4-2-3-5-6;/h2,4H,3H2,1H3;. The van der Waals surface area contributed by atoms with Crippen molar-refractivity contribution in [1.29, 1.82) is 0 Å². The predicted molar refractivity (Wildman–Crippen MR) is 26.5 cm³/mol. The summed E-state index contributed by atoms with van der Waals surface area (Å²) in [6.07, 6.45) is 5.68. The van der Waals surface area contributed by atoms with Crippen LogP contribution in [0.3, 0.4) is 0 Å². The Balaban J connectivity index is 2.79. The van der Waals surface area contributed by atoms with Gasteiger partial charge in [0.1, 0.15) is 0 Å². The summed E-state index contributed by atoms with van der Waals surface area (Å²) in [7, 11) is 0. The quantitative estimate of drug-likeness (QED) is 0.582. The average molecular weight is 219 g/mol. The molecule has 0 N–H and O–H groups in total. The number of hydrogen-bond acceptors (Lipinski definition) is 0. The molecule has 1 rings (SSSR count). The zero-order valence-electron chi connectivity index (χ0n) is 4.36. The summed E-state index contributed by atoms with van der Waals surface area (Å²) in [6, 6.07) is 0. The molecule has 1 aliphatic rings. The molecule has 0 saturated carbocycles. The topological polar surface area (TPSA) is 0 Å². The van der Waals surface area contributed by atoms with Crippen molar-refractivity contribution >= 4 is 0 Å². The van der Waals surface area contributed by atoms with Crippen LogP contribution in [0.1, 0.15) is 13.3 Å². The van der Waals surface area contributed by atoms with E-state index in [0.29, 0.717) is 0 Å². The molecule has 0 unspecified atom stereocenters. The molecule has 1 aliphatic carbocycles. The average Bonchev–Trinajstić information content (AvgIpc) is 1.91. The molecule has 0 fully saturated rings. The summed E-state index contributed by atoms with van der Waals surface area (Å²) in [5.41, 5.74) is 1.51. The van der Waals surface area contributed by atoms with Gasteiger partial charge in [-0.15, -0.1) is 0 Å². The Morgan fingerprint density at radius 3 is 2.57 bits per heavy atom. The van der Waals surface area contributed by atoms with Gasteiger partial charge in [-0.25, -0.2) is 0 Å². The molecular formula is C6H7Ce. The van der Waals surface area contributed by atoms with Crippen molar-refractivity contribution in [2.24, 2.45) is 0 Å². The van der Waals surface area contributed by atoms with Crippen LogP contribution in [0.2, 0.25) is 0 Å². The Labute approximate surface area is 71.0 Å². The number of rotatable bonds is 0. The Hall–Kier alpha value is 0.857. The van der Waals surface area contributed by atoms with Crippen LogP contribution in [0.4, 0.5) is 0 Å². The summed E-state index contributed by atoms with van der Waals surface area (Å²) in [6.45, 7) is 2.19. The first-order valence-electron chi connectivity index (χ1n) is 2.38. The first-order valence-corrected chi connectivity index (χ1v) is 3.95. The molecule has 35 valence electrons. The van der Waals surface area contributed by atoms with E-state index >= 15 is 0 Å². The van der Waals surface area contributed by atoms with E-state index < -0.39 is 0 Å². The minimum absolute atomic E-state index is 1.23. The number of allylic oxidation sites excluding steroid dienone is 4. The first kappa shape index (κ1) is 5.98. The van der Waals surface area contributed by atoms with Gasteiger partial charge in [0, 0.05) is 0 Å². The van der Waals surface area contributed by atoms with Crippen LogP contribution in [0.25, 0.3) is 0 Å². The van der Waals surface area contributed by atoms with Crippen LogP contribution >= 0.6 is 0 Å². The second-order valence-electron chi connectivity index (χ2n) is 1.77. The van der Waals surface area contributed by atoms with Crippen molar-refractivity contribution in [3.63, 3.8) is 0 Å². The van der Waals surface area contributed by atoms with Gasteiger partial charge in [-0.05, 0) is 0 Å². The molecule has 0 saturated heterocycles. The Morgan fingerprint density at radius 2 is 2.43 bits per heavy atom. The molecule has 0 aromatic heterocycles. The van der Waals surface area contributed by atoms with E-state index in [2.05, 4.69) is 19.1 Å². The van der Waals surface area contributed by atoms with Crippen molar-refractivity contribution in [3.05, 3.63) is 18.8 Å². The van der Waals surface area contributed by atoms with Gasteiger partial charge in [0.2, 0.25) is 0 Å². The fraction of sp³-hybridized carbons (Fsp3) is 0.333. The molecule has 0 radical (unpaired) electrons. The normalized spacial score (nSPS) is 18.9. The molecule has 0 nitrogen and oxygen atoms in total. The molecule has 0 atom stereocenters. The second kappa shape index (κ2) is 2.42. The molecule has 0 bridgehead atoms. The molecule has 0 aliphatic heterocycles. The van der Waals surface area contributed by atoms with Crippen molar-refractivity contribution in [2.75, 3.05) is 0 Å². The third-order valence-electron chi connectivity index (χ3n) is 1.17. The zero-order valence-corrected chi connectivity index (χ0v) is 7.50. The molecular weight excluding hydrogens is 212 g/mol. The van der Waals surface area contributed by atoms with Crippen LogP contribution < -0.4 is 0 Å². The van der Waals surface area contributed by atoms with Gasteiger partial charge in [-0.1, -0.05) is 0 Å². The van der Waals surface area contributed by atoms with Crippen LogP contribution in [-0.2, 0) is 0 Å². The monoisotopic (exact) mass is 219 g/mol. The van der Waals surface area contributed by atoms with E-state index in [1.54, 1.807) is 1.09 Å². The van der Waals surface area contributed by atoms with Gasteiger partial charge >= 0.3 is 71.8 Å². The van der Waals surface area contributed by atoms with E-state index in [1.807, 2.05) is 0 Å². The summed E-state index contributed by atoms with van der Waals surface area (Å²) >= 11 is 1.25. The summed E-state index contributed by atoms with van der Waals surface area (Å²) in [5.74, 6) is 0. The predicted octanol–water partition coefficient (Wildman–Crippen LogP) is 1.77. The van der Waals surface area contributed by atoms with Crippen LogP contribution in [-0.4, -0.2) is 0 Å². The molecule has 1 heteroatoms. The Morgan fingerprint density at radius 1 is 1.71 bits per heavy atom. The van der Waals surface area contributed by atoms with Crippen molar-refractivity contribution in [3.8, 4) is 0 Å². The molecule has 0 heterocycles. The van der Waals surface area contributed by atoms with E-state index in [-0.39, 0.29) is 0 Å². The fourth-order valence-electron chi connectivity index (χ4n) is 0.615. The van der Waals surface area contributed by atoms with Gasteiger partial charge < -0.3 is 0 Å². The molecule has 0 aromatic rings. The molecule has 0 amide bonds. The first-order chi connectivity index (χ1) is 3.30. The third kappa shape index (κ3) is 1.37. The third-order valence-corrected chi connectivity index (χ3v) is 3.05. The van der Waals surface area contributed by atoms with Crippen LogP contribution in [0.15, 0.2) is 18.8 Å². The maximum atomic E-state index is 2.23. The molecule has 0 spiro atoms. The Kier molecular flexibility index (Phi) is 2.07. The fourth-order valence-corrected chi connectivity index (χ4v) is 1.25. The van der Waals surface area contributed by atoms with Crippen LogP contribution in [0, 0.1) is 39.6 Å². The van der Waals surface area contributed by atoms with E-state index in [1.165, 1.54) is 51.6 Å². The maximum absolute atomic E-state index is 2.23. The van der Waals surface area contributed by atoms with Gasteiger partial charge in [-0.2, -0.15) is 0 Å².